The van der Waals surface area contributed by atoms with Crippen molar-refractivity contribution in [3.05, 3.63) is 29.8 Å². The van der Waals surface area contributed by atoms with Crippen LogP contribution < -0.4 is 10.6 Å². The molecule has 0 aromatic heterocycles. The molecule has 15 heavy (non-hydrogen) atoms. The molecule has 1 aromatic rings. The molecule has 2 bridgehead atoms. The molecular formula is C12H18N2O. The summed E-state index contributed by atoms with van der Waals surface area (Å²) < 4.78 is 0. The van der Waals surface area contributed by atoms with Crippen molar-refractivity contribution in [1.29, 1.82) is 0 Å². The number of aliphatic hydroxyl groups excluding tert-OH is 1. The summed E-state index contributed by atoms with van der Waals surface area (Å²) in [7, 11) is 0. The summed E-state index contributed by atoms with van der Waals surface area (Å²) in [4.78, 5) is 0. The van der Waals surface area contributed by atoms with E-state index in [1.165, 1.54) is 17.7 Å². The number of hydrogen-bond donors (Lipinski definition) is 3. The first-order valence-corrected chi connectivity index (χ1v) is 5.55. The van der Waals surface area contributed by atoms with Crippen LogP contribution in [0, 0.1) is 0 Å². The number of hydrogen-bond acceptors (Lipinski definition) is 3. The molecule has 1 atom stereocenters. The summed E-state index contributed by atoms with van der Waals surface area (Å²) in [6.07, 6.45) is 2.38. The minimum Gasteiger partial charge on any atom is -0.395 e. The van der Waals surface area contributed by atoms with Crippen molar-refractivity contribution < 1.29 is 5.11 Å². The first-order chi connectivity index (χ1) is 7.38. The second-order valence-corrected chi connectivity index (χ2v) is 4.03. The highest BCUT2D eigenvalue weighted by Gasteiger charge is 2.10. The first-order valence-electron chi connectivity index (χ1n) is 5.55. The average Bonchev–Trinajstić information content (AvgIpc) is 2.85. The van der Waals surface area contributed by atoms with Crippen molar-refractivity contribution >= 4 is 5.69 Å². The smallest absolute Gasteiger partial charge is 0.0584 e. The van der Waals surface area contributed by atoms with Crippen LogP contribution in [0.3, 0.4) is 0 Å². The van der Waals surface area contributed by atoms with Gasteiger partial charge < -0.3 is 15.7 Å². The van der Waals surface area contributed by atoms with Gasteiger partial charge in [0, 0.05) is 18.3 Å². The van der Waals surface area contributed by atoms with Crippen molar-refractivity contribution in [2.45, 2.75) is 25.4 Å². The molecule has 0 amide bonds. The Labute approximate surface area is 90.5 Å². The highest BCUT2D eigenvalue weighted by atomic mass is 16.3. The second-order valence-electron chi connectivity index (χ2n) is 4.03. The molecule has 0 radical (unpaired) electrons. The molecular weight excluding hydrogens is 188 g/mol. The van der Waals surface area contributed by atoms with Gasteiger partial charge in [0.2, 0.25) is 0 Å². The van der Waals surface area contributed by atoms with E-state index in [1.54, 1.807) is 0 Å². The maximum absolute atomic E-state index is 8.50. The highest BCUT2D eigenvalue weighted by molar-refractivity contribution is 5.49. The Morgan fingerprint density at radius 1 is 1.27 bits per heavy atom. The molecule has 3 aliphatic heterocycles. The zero-order valence-electron chi connectivity index (χ0n) is 8.87. The van der Waals surface area contributed by atoms with Crippen molar-refractivity contribution in [3.8, 4) is 0 Å². The number of rotatable bonds is 1. The van der Waals surface area contributed by atoms with Crippen LogP contribution in [0.5, 0.6) is 0 Å². The van der Waals surface area contributed by atoms with Gasteiger partial charge in [0.1, 0.15) is 0 Å². The summed E-state index contributed by atoms with van der Waals surface area (Å²) in [5, 5.41) is 14.9. The van der Waals surface area contributed by atoms with Gasteiger partial charge >= 0.3 is 0 Å². The third kappa shape index (κ3) is 2.94. The molecule has 0 unspecified atom stereocenters. The van der Waals surface area contributed by atoms with Crippen LogP contribution in [0.2, 0.25) is 0 Å². The van der Waals surface area contributed by atoms with E-state index in [4.69, 9.17) is 5.11 Å². The Hall–Kier alpha value is -1.06. The Morgan fingerprint density at radius 2 is 2.07 bits per heavy atom. The van der Waals surface area contributed by atoms with Crippen LogP contribution in [0.25, 0.3) is 0 Å². The van der Waals surface area contributed by atoms with Gasteiger partial charge in [0.15, 0.2) is 0 Å². The van der Waals surface area contributed by atoms with E-state index in [0.717, 1.165) is 19.5 Å². The lowest BCUT2D eigenvalue weighted by Crippen LogP contribution is -2.24. The number of benzene rings is 1. The Morgan fingerprint density at radius 3 is 2.27 bits per heavy atom. The Bertz CT molecular complexity index is 268. The first kappa shape index (κ1) is 10.5. The lowest BCUT2D eigenvalue weighted by Gasteiger charge is -2.12. The average molecular weight is 206 g/mol. The molecule has 1 aromatic carbocycles. The van der Waals surface area contributed by atoms with E-state index in [2.05, 4.69) is 34.9 Å². The number of nitrogens with one attached hydrogen (secondary N) is 2. The van der Waals surface area contributed by atoms with Crippen molar-refractivity contribution in [2.24, 2.45) is 0 Å². The van der Waals surface area contributed by atoms with Crippen molar-refractivity contribution in [2.75, 3.05) is 18.5 Å². The summed E-state index contributed by atoms with van der Waals surface area (Å²) in [5.41, 5.74) is 2.61. The fourth-order valence-electron chi connectivity index (χ4n) is 1.86. The van der Waals surface area contributed by atoms with Gasteiger partial charge in [-0.3, -0.25) is 0 Å². The van der Waals surface area contributed by atoms with Crippen LogP contribution >= 0.6 is 0 Å². The van der Waals surface area contributed by atoms with Crippen LogP contribution in [0.15, 0.2) is 24.3 Å². The zero-order chi connectivity index (χ0) is 10.5. The Kier molecular flexibility index (Phi) is 3.59. The number of anilines is 1. The predicted molar refractivity (Wildman–Crippen MR) is 61.9 cm³/mol. The predicted octanol–water partition coefficient (Wildman–Crippen LogP) is 1.34. The maximum Gasteiger partial charge on any atom is 0.0584 e. The minimum absolute atomic E-state index is 0.306. The van der Waals surface area contributed by atoms with E-state index in [0.29, 0.717) is 12.6 Å². The fraction of sp³-hybridized carbons (Fsp3) is 0.500. The fourth-order valence-corrected chi connectivity index (χ4v) is 1.86. The van der Waals surface area contributed by atoms with Crippen LogP contribution in [0.1, 0.15) is 18.4 Å². The van der Waals surface area contributed by atoms with Gasteiger partial charge in [-0.1, -0.05) is 12.1 Å². The molecule has 0 saturated carbocycles. The molecule has 0 aliphatic carbocycles. The van der Waals surface area contributed by atoms with Gasteiger partial charge in [-0.2, -0.15) is 0 Å². The molecule has 3 heterocycles. The largest absolute Gasteiger partial charge is 0.395 e. The topological polar surface area (TPSA) is 44.3 Å². The quantitative estimate of drug-likeness (QED) is 0.650. The lowest BCUT2D eigenvalue weighted by molar-refractivity contribution is 0.255. The molecule has 1 fully saturated rings. The summed E-state index contributed by atoms with van der Waals surface area (Å²) in [6, 6.07) is 8.88. The summed E-state index contributed by atoms with van der Waals surface area (Å²) in [6.45, 7) is 2.41. The van der Waals surface area contributed by atoms with Gasteiger partial charge in [-0.25, -0.2) is 0 Å². The second kappa shape index (κ2) is 5.14. The standard InChI is InChI=1S/C7H7N.C5H11NO/c1-3-7-4-2-6(1)5-8-7;7-4-5-2-1-3-6-5/h1-4,8H,5H2;5-7H,1-4H2/t;5-/m.0/s1. The van der Waals surface area contributed by atoms with Crippen LogP contribution in [-0.2, 0) is 6.54 Å². The molecule has 0 spiro atoms. The minimum atomic E-state index is 0.306. The van der Waals surface area contributed by atoms with Gasteiger partial charge in [-0.05, 0) is 37.1 Å². The molecule has 3 aliphatic rings. The van der Waals surface area contributed by atoms with Gasteiger partial charge in [0.25, 0.3) is 0 Å². The normalized spacial score (nSPS) is 21.8. The highest BCUT2D eigenvalue weighted by Crippen LogP contribution is 2.15. The summed E-state index contributed by atoms with van der Waals surface area (Å²) >= 11 is 0. The van der Waals surface area contributed by atoms with Crippen molar-refractivity contribution in [1.82, 2.24) is 5.32 Å². The Balaban J connectivity index is 0.000000115. The van der Waals surface area contributed by atoms with E-state index < -0.39 is 0 Å². The zero-order valence-corrected chi connectivity index (χ0v) is 8.87. The number of aliphatic hydroxyl groups is 1. The molecule has 3 heteroatoms. The van der Waals surface area contributed by atoms with Crippen LogP contribution in [0.4, 0.5) is 5.69 Å². The monoisotopic (exact) mass is 206 g/mol. The van der Waals surface area contributed by atoms with E-state index >= 15 is 0 Å². The van der Waals surface area contributed by atoms with E-state index in [-0.39, 0.29) is 0 Å². The van der Waals surface area contributed by atoms with Crippen LogP contribution in [-0.4, -0.2) is 24.3 Å². The van der Waals surface area contributed by atoms with Gasteiger partial charge in [-0.15, -0.1) is 0 Å². The SMILES string of the molecule is OC[C@@H]1CCCN1.c1cc2ccc1CN2. The molecule has 4 rings (SSSR count). The van der Waals surface area contributed by atoms with E-state index in [9.17, 15) is 0 Å². The van der Waals surface area contributed by atoms with Crippen molar-refractivity contribution in [3.63, 3.8) is 0 Å². The number of fused-ring (bicyclic) bond motifs is 3. The molecule has 1 saturated heterocycles. The lowest BCUT2D eigenvalue weighted by atomic mass is 10.1. The molecule has 3 nitrogen and oxygen atoms in total. The molecule has 3 N–H and O–H groups in total. The third-order valence-electron chi connectivity index (χ3n) is 2.83. The van der Waals surface area contributed by atoms with E-state index in [1.807, 2.05) is 0 Å². The maximum atomic E-state index is 8.50. The molecule has 82 valence electrons. The third-order valence-corrected chi connectivity index (χ3v) is 2.83. The summed E-state index contributed by atoms with van der Waals surface area (Å²) in [5.74, 6) is 0. The van der Waals surface area contributed by atoms with Gasteiger partial charge in [0.05, 0.1) is 6.61 Å².